The van der Waals surface area contributed by atoms with E-state index < -0.39 is 6.04 Å². The van der Waals surface area contributed by atoms with Crippen molar-refractivity contribution in [3.8, 4) is 5.69 Å². The average molecular weight is 430 g/mol. The zero-order chi connectivity index (χ0) is 22.7. The number of benzene rings is 2. The number of para-hydroxylation sites is 2. The molecule has 0 aliphatic rings. The molecule has 0 fully saturated rings. The van der Waals surface area contributed by atoms with Crippen molar-refractivity contribution in [2.24, 2.45) is 0 Å². The molecule has 0 saturated carbocycles. The Bertz CT molecular complexity index is 1240. The molecule has 0 aliphatic carbocycles. The highest BCUT2D eigenvalue weighted by Gasteiger charge is 2.25. The zero-order valence-electron chi connectivity index (χ0n) is 18.4. The molecule has 0 bridgehead atoms. The number of fused-ring (bicyclic) bond motifs is 1. The minimum Gasteiger partial charge on any atom is -0.361 e. The molecule has 0 radical (unpaired) electrons. The Labute approximate surface area is 186 Å². The van der Waals surface area contributed by atoms with Gasteiger partial charge in [0.15, 0.2) is 0 Å². The fourth-order valence-corrected chi connectivity index (χ4v) is 3.75. The maximum Gasteiger partial charge on any atom is 0.270 e. The van der Waals surface area contributed by atoms with E-state index in [1.54, 1.807) is 17.8 Å². The molecular formula is C25H27N5O2. The van der Waals surface area contributed by atoms with Gasteiger partial charge >= 0.3 is 0 Å². The molecule has 2 aromatic carbocycles. The summed E-state index contributed by atoms with van der Waals surface area (Å²) >= 11 is 0. The molecule has 0 spiro atoms. The van der Waals surface area contributed by atoms with Crippen LogP contribution in [0.25, 0.3) is 16.6 Å². The van der Waals surface area contributed by atoms with E-state index in [0.717, 1.165) is 27.8 Å². The molecule has 2 heterocycles. The lowest BCUT2D eigenvalue weighted by atomic mass is 10.0. The second-order valence-corrected chi connectivity index (χ2v) is 8.06. The number of amides is 2. The van der Waals surface area contributed by atoms with Crippen LogP contribution in [0.1, 0.15) is 41.5 Å². The van der Waals surface area contributed by atoms with E-state index in [4.69, 9.17) is 0 Å². The fraction of sp³-hybridized carbons (Fsp3) is 0.240. The molecule has 0 saturated heterocycles. The van der Waals surface area contributed by atoms with Gasteiger partial charge in [0.05, 0.1) is 11.4 Å². The third-order valence-electron chi connectivity index (χ3n) is 5.52. The molecular weight excluding hydrogens is 402 g/mol. The van der Waals surface area contributed by atoms with Crippen molar-refractivity contribution in [3.05, 3.63) is 83.8 Å². The van der Waals surface area contributed by atoms with Crippen molar-refractivity contribution in [2.75, 3.05) is 7.05 Å². The molecule has 4 aromatic rings. The Kier molecular flexibility index (Phi) is 6.07. The number of carbonyl (C=O) groups excluding carboxylic acids is 2. The van der Waals surface area contributed by atoms with Crippen molar-refractivity contribution in [1.29, 1.82) is 0 Å². The lowest BCUT2D eigenvalue weighted by Crippen LogP contribution is -2.47. The molecule has 0 unspecified atom stereocenters. The number of aromatic nitrogens is 3. The van der Waals surface area contributed by atoms with Gasteiger partial charge in [-0.25, -0.2) is 4.68 Å². The molecule has 3 N–H and O–H groups in total. The maximum absolute atomic E-state index is 13.3. The Balaban J connectivity index is 1.65. The second kappa shape index (κ2) is 9.09. The van der Waals surface area contributed by atoms with Crippen LogP contribution >= 0.6 is 0 Å². The molecule has 0 aliphatic heterocycles. The van der Waals surface area contributed by atoms with Crippen LogP contribution in [0.4, 0.5) is 0 Å². The Morgan fingerprint density at radius 1 is 1.06 bits per heavy atom. The minimum atomic E-state index is -0.728. The molecule has 2 aromatic heterocycles. The first-order valence-corrected chi connectivity index (χ1v) is 10.7. The van der Waals surface area contributed by atoms with Crippen LogP contribution in [0.15, 0.2) is 66.9 Å². The summed E-state index contributed by atoms with van der Waals surface area (Å²) in [6.45, 7) is 4.06. The molecule has 32 heavy (non-hydrogen) atoms. The lowest BCUT2D eigenvalue weighted by Gasteiger charge is -2.17. The largest absolute Gasteiger partial charge is 0.361 e. The van der Waals surface area contributed by atoms with Gasteiger partial charge < -0.3 is 15.6 Å². The van der Waals surface area contributed by atoms with Gasteiger partial charge in [-0.3, -0.25) is 9.59 Å². The van der Waals surface area contributed by atoms with Gasteiger partial charge in [-0.1, -0.05) is 50.2 Å². The van der Waals surface area contributed by atoms with Crippen LogP contribution in [0.3, 0.4) is 0 Å². The van der Waals surface area contributed by atoms with Crippen molar-refractivity contribution in [2.45, 2.75) is 32.2 Å². The van der Waals surface area contributed by atoms with Crippen LogP contribution < -0.4 is 10.6 Å². The minimum absolute atomic E-state index is 0.160. The van der Waals surface area contributed by atoms with E-state index in [9.17, 15) is 9.59 Å². The zero-order valence-corrected chi connectivity index (χ0v) is 18.4. The van der Waals surface area contributed by atoms with Gasteiger partial charge in [-0.2, -0.15) is 5.10 Å². The monoisotopic (exact) mass is 429 g/mol. The number of nitrogens with one attached hydrogen (secondary N) is 3. The van der Waals surface area contributed by atoms with Gasteiger partial charge in [-0.05, 0) is 35.7 Å². The molecule has 164 valence electrons. The van der Waals surface area contributed by atoms with E-state index in [0.29, 0.717) is 12.1 Å². The number of hydrogen-bond acceptors (Lipinski definition) is 3. The standard InChI is InChI=1S/C25H27N5O2/c1-16(2)21-14-23(30(29-21)18-9-5-4-6-10-18)25(32)28-22(24(31)26-3)13-17-15-27-20-12-8-7-11-19(17)20/h4-12,14-16,22,27H,13H2,1-3H3,(H,26,31)(H,28,32)/t22-/m1/s1. The van der Waals surface area contributed by atoms with Crippen molar-refractivity contribution in [3.63, 3.8) is 0 Å². The van der Waals surface area contributed by atoms with E-state index in [1.807, 2.05) is 74.6 Å². The second-order valence-electron chi connectivity index (χ2n) is 8.06. The van der Waals surface area contributed by atoms with Crippen LogP contribution in [0.5, 0.6) is 0 Å². The highest BCUT2D eigenvalue weighted by molar-refractivity contribution is 5.97. The summed E-state index contributed by atoms with van der Waals surface area (Å²) in [6.07, 6.45) is 2.25. The number of rotatable bonds is 7. The van der Waals surface area contributed by atoms with Gasteiger partial charge in [0.25, 0.3) is 5.91 Å². The molecule has 7 nitrogen and oxygen atoms in total. The Morgan fingerprint density at radius 3 is 2.50 bits per heavy atom. The molecule has 7 heteroatoms. The molecule has 2 amide bonds. The first-order chi connectivity index (χ1) is 15.5. The predicted molar refractivity (Wildman–Crippen MR) is 125 cm³/mol. The van der Waals surface area contributed by atoms with Gasteiger partial charge in [0.2, 0.25) is 5.91 Å². The number of likely N-dealkylation sites (N-methyl/N-ethyl adjacent to an activating group) is 1. The van der Waals surface area contributed by atoms with E-state index in [-0.39, 0.29) is 17.7 Å². The lowest BCUT2D eigenvalue weighted by molar-refractivity contribution is -0.122. The van der Waals surface area contributed by atoms with Gasteiger partial charge in [0.1, 0.15) is 11.7 Å². The highest BCUT2D eigenvalue weighted by Crippen LogP contribution is 2.21. The first-order valence-electron chi connectivity index (χ1n) is 10.7. The van der Waals surface area contributed by atoms with E-state index in [2.05, 4.69) is 20.7 Å². The summed E-state index contributed by atoms with van der Waals surface area (Å²) in [5.41, 5.74) is 3.96. The van der Waals surface area contributed by atoms with E-state index in [1.165, 1.54) is 0 Å². The first kappa shape index (κ1) is 21.4. The average Bonchev–Trinajstić information content (AvgIpc) is 3.44. The smallest absolute Gasteiger partial charge is 0.270 e. The normalized spacial score (nSPS) is 12.1. The summed E-state index contributed by atoms with van der Waals surface area (Å²) in [5, 5.41) is 11.3. The third-order valence-corrected chi connectivity index (χ3v) is 5.52. The topological polar surface area (TPSA) is 91.8 Å². The summed E-state index contributed by atoms with van der Waals surface area (Å²) in [7, 11) is 1.57. The number of hydrogen-bond donors (Lipinski definition) is 3. The van der Waals surface area contributed by atoms with Gasteiger partial charge in [0, 0.05) is 30.6 Å². The highest BCUT2D eigenvalue weighted by atomic mass is 16.2. The quantitative estimate of drug-likeness (QED) is 0.419. The van der Waals surface area contributed by atoms with Crippen molar-refractivity contribution >= 4 is 22.7 Å². The molecule has 4 rings (SSSR count). The van der Waals surface area contributed by atoms with Crippen molar-refractivity contribution in [1.82, 2.24) is 25.4 Å². The van der Waals surface area contributed by atoms with Crippen LogP contribution in [-0.4, -0.2) is 39.7 Å². The summed E-state index contributed by atoms with van der Waals surface area (Å²) < 4.78 is 1.64. The SMILES string of the molecule is CNC(=O)[C@@H](Cc1c[nH]c2ccccc12)NC(=O)c1cc(C(C)C)nn1-c1ccccc1. The predicted octanol–water partition coefficient (Wildman–Crippen LogP) is 3.56. The number of nitrogens with zero attached hydrogens (tertiary/aromatic N) is 2. The Hall–Kier alpha value is -3.87. The van der Waals surface area contributed by atoms with E-state index >= 15 is 0 Å². The molecule has 1 atom stereocenters. The van der Waals surface area contributed by atoms with Gasteiger partial charge in [-0.15, -0.1) is 0 Å². The number of carbonyl (C=O) groups is 2. The van der Waals surface area contributed by atoms with Crippen LogP contribution in [-0.2, 0) is 11.2 Å². The maximum atomic E-state index is 13.3. The van der Waals surface area contributed by atoms with Crippen LogP contribution in [0, 0.1) is 0 Å². The van der Waals surface area contributed by atoms with Crippen LogP contribution in [0.2, 0.25) is 0 Å². The third kappa shape index (κ3) is 4.27. The number of H-pyrrole nitrogens is 1. The van der Waals surface area contributed by atoms with Crippen molar-refractivity contribution < 1.29 is 9.59 Å². The summed E-state index contributed by atoms with van der Waals surface area (Å²) in [4.78, 5) is 29.2. The Morgan fingerprint density at radius 2 is 1.78 bits per heavy atom. The summed E-state index contributed by atoms with van der Waals surface area (Å²) in [6, 6.07) is 18.5. The number of aromatic amines is 1. The summed E-state index contributed by atoms with van der Waals surface area (Å²) in [5.74, 6) is -0.437. The fourth-order valence-electron chi connectivity index (χ4n) is 3.75.